The van der Waals surface area contributed by atoms with Crippen molar-refractivity contribution in [3.05, 3.63) is 40.8 Å². The fourth-order valence-corrected chi connectivity index (χ4v) is 2.15. The summed E-state index contributed by atoms with van der Waals surface area (Å²) in [6.45, 7) is 5.86. The Morgan fingerprint density at radius 3 is 2.84 bits per heavy atom. The fourth-order valence-electron chi connectivity index (χ4n) is 2.15. The SMILES string of the molecule is CCCNC(CC)Cn1ncc2ccccc2c1=O. The van der Waals surface area contributed by atoms with Crippen LogP contribution in [-0.2, 0) is 6.54 Å². The van der Waals surface area contributed by atoms with Gasteiger partial charge in [-0.1, -0.05) is 32.0 Å². The largest absolute Gasteiger partial charge is 0.312 e. The van der Waals surface area contributed by atoms with Gasteiger partial charge in [-0.3, -0.25) is 4.79 Å². The summed E-state index contributed by atoms with van der Waals surface area (Å²) in [5.74, 6) is 0. The molecule has 0 aliphatic rings. The predicted octanol–water partition coefficient (Wildman–Crippen LogP) is 2.17. The molecule has 4 nitrogen and oxygen atoms in total. The van der Waals surface area contributed by atoms with Crippen molar-refractivity contribution >= 4 is 10.8 Å². The molecule has 0 radical (unpaired) electrons. The molecule has 19 heavy (non-hydrogen) atoms. The maximum Gasteiger partial charge on any atom is 0.274 e. The van der Waals surface area contributed by atoms with Gasteiger partial charge in [0.15, 0.2) is 0 Å². The van der Waals surface area contributed by atoms with Gasteiger partial charge in [-0.25, -0.2) is 4.68 Å². The normalized spacial score (nSPS) is 12.7. The van der Waals surface area contributed by atoms with Gasteiger partial charge in [0.2, 0.25) is 0 Å². The second-order valence-corrected chi connectivity index (χ2v) is 4.78. The highest BCUT2D eigenvalue weighted by Crippen LogP contribution is 2.06. The Kier molecular flexibility index (Phi) is 4.68. The molecule has 1 heterocycles. The zero-order valence-corrected chi connectivity index (χ0v) is 11.6. The third-order valence-electron chi connectivity index (χ3n) is 3.33. The van der Waals surface area contributed by atoms with Crippen molar-refractivity contribution in [3.63, 3.8) is 0 Å². The van der Waals surface area contributed by atoms with Crippen LogP contribution in [0.15, 0.2) is 35.3 Å². The van der Waals surface area contributed by atoms with Gasteiger partial charge in [-0.15, -0.1) is 0 Å². The molecule has 4 heteroatoms. The van der Waals surface area contributed by atoms with Crippen molar-refractivity contribution in [2.45, 2.75) is 39.3 Å². The molecule has 0 bridgehead atoms. The molecule has 0 saturated carbocycles. The summed E-state index contributed by atoms with van der Waals surface area (Å²) < 4.78 is 1.57. The van der Waals surface area contributed by atoms with E-state index in [1.807, 2.05) is 24.3 Å². The average Bonchev–Trinajstić information content (AvgIpc) is 2.46. The van der Waals surface area contributed by atoms with Crippen LogP contribution in [0.25, 0.3) is 10.8 Å². The van der Waals surface area contributed by atoms with E-state index in [4.69, 9.17) is 0 Å². The molecule has 1 N–H and O–H groups in total. The van der Waals surface area contributed by atoms with Gasteiger partial charge in [0.05, 0.1) is 18.1 Å². The zero-order chi connectivity index (χ0) is 13.7. The van der Waals surface area contributed by atoms with Crippen LogP contribution in [0.1, 0.15) is 26.7 Å². The van der Waals surface area contributed by atoms with Crippen LogP contribution in [0.2, 0.25) is 0 Å². The molecular formula is C15H21N3O. The number of nitrogens with one attached hydrogen (secondary N) is 1. The first-order chi connectivity index (χ1) is 9.26. The Morgan fingerprint density at radius 2 is 2.11 bits per heavy atom. The maximum atomic E-state index is 12.3. The van der Waals surface area contributed by atoms with Gasteiger partial charge in [0, 0.05) is 11.4 Å². The standard InChI is InChI=1S/C15H21N3O/c1-3-9-16-13(4-2)11-18-15(19)14-8-6-5-7-12(14)10-17-18/h5-8,10,13,16H,3-4,9,11H2,1-2H3. The number of aromatic nitrogens is 2. The fraction of sp³-hybridized carbons (Fsp3) is 0.467. The van der Waals surface area contributed by atoms with Crippen molar-refractivity contribution in [2.75, 3.05) is 6.54 Å². The van der Waals surface area contributed by atoms with Crippen LogP contribution in [0.4, 0.5) is 0 Å². The minimum absolute atomic E-state index is 0.00477. The summed E-state index contributed by atoms with van der Waals surface area (Å²) in [5, 5.41) is 9.35. The molecule has 102 valence electrons. The monoisotopic (exact) mass is 259 g/mol. The molecule has 0 saturated heterocycles. The average molecular weight is 259 g/mol. The van der Waals surface area contributed by atoms with E-state index < -0.39 is 0 Å². The van der Waals surface area contributed by atoms with Crippen LogP contribution in [0, 0.1) is 0 Å². The van der Waals surface area contributed by atoms with Crippen molar-refractivity contribution < 1.29 is 0 Å². The molecule has 0 aliphatic carbocycles. The Balaban J connectivity index is 2.25. The second-order valence-electron chi connectivity index (χ2n) is 4.78. The van der Waals surface area contributed by atoms with Gasteiger partial charge in [0.25, 0.3) is 5.56 Å². The van der Waals surface area contributed by atoms with Crippen LogP contribution in [0.3, 0.4) is 0 Å². The first-order valence-corrected chi connectivity index (χ1v) is 6.94. The second kappa shape index (κ2) is 6.48. The molecule has 0 spiro atoms. The van der Waals surface area contributed by atoms with Gasteiger partial charge in [0.1, 0.15) is 0 Å². The molecule has 1 aromatic heterocycles. The zero-order valence-electron chi connectivity index (χ0n) is 11.6. The van der Waals surface area contributed by atoms with Crippen LogP contribution >= 0.6 is 0 Å². The first-order valence-electron chi connectivity index (χ1n) is 6.94. The lowest BCUT2D eigenvalue weighted by molar-refractivity contribution is 0.407. The number of fused-ring (bicyclic) bond motifs is 1. The van der Waals surface area contributed by atoms with Gasteiger partial charge < -0.3 is 5.32 Å². The Morgan fingerprint density at radius 1 is 1.32 bits per heavy atom. The highest BCUT2D eigenvalue weighted by molar-refractivity contribution is 5.80. The van der Waals surface area contributed by atoms with Gasteiger partial charge in [-0.2, -0.15) is 5.10 Å². The highest BCUT2D eigenvalue weighted by atomic mass is 16.1. The van der Waals surface area contributed by atoms with E-state index in [2.05, 4.69) is 24.3 Å². The maximum absolute atomic E-state index is 12.3. The molecule has 2 aromatic rings. The van der Waals surface area contributed by atoms with E-state index in [0.29, 0.717) is 12.6 Å². The molecular weight excluding hydrogens is 238 g/mol. The lowest BCUT2D eigenvalue weighted by Gasteiger charge is -2.17. The van der Waals surface area contributed by atoms with Crippen LogP contribution in [0.5, 0.6) is 0 Å². The third kappa shape index (κ3) is 3.20. The van der Waals surface area contributed by atoms with Gasteiger partial charge in [-0.05, 0) is 25.5 Å². The Bertz CT molecular complexity index is 591. The summed E-state index contributed by atoms with van der Waals surface area (Å²) in [6.07, 6.45) is 3.85. The molecule has 0 aliphatic heterocycles. The topological polar surface area (TPSA) is 46.9 Å². The van der Waals surface area contributed by atoms with Crippen molar-refractivity contribution in [1.29, 1.82) is 0 Å². The summed E-state index contributed by atoms with van der Waals surface area (Å²) in [5.41, 5.74) is -0.00477. The Hall–Kier alpha value is -1.68. The third-order valence-corrected chi connectivity index (χ3v) is 3.33. The van der Waals surface area contributed by atoms with E-state index in [-0.39, 0.29) is 5.56 Å². The smallest absolute Gasteiger partial charge is 0.274 e. The lowest BCUT2D eigenvalue weighted by atomic mass is 10.2. The first kappa shape index (κ1) is 13.7. The molecule has 1 aromatic carbocycles. The Labute approximate surface area is 113 Å². The molecule has 0 fully saturated rings. The predicted molar refractivity (Wildman–Crippen MR) is 78.4 cm³/mol. The van der Waals surface area contributed by atoms with Crippen LogP contribution in [-0.4, -0.2) is 22.4 Å². The molecule has 1 unspecified atom stereocenters. The van der Waals surface area contributed by atoms with Crippen molar-refractivity contribution in [2.24, 2.45) is 0 Å². The van der Waals surface area contributed by atoms with E-state index in [0.717, 1.165) is 30.2 Å². The van der Waals surface area contributed by atoms with Crippen molar-refractivity contribution in [1.82, 2.24) is 15.1 Å². The van der Waals surface area contributed by atoms with E-state index in [9.17, 15) is 4.79 Å². The summed E-state index contributed by atoms with van der Waals surface area (Å²) in [4.78, 5) is 12.3. The molecule has 1 atom stereocenters. The van der Waals surface area contributed by atoms with Crippen molar-refractivity contribution in [3.8, 4) is 0 Å². The summed E-state index contributed by atoms with van der Waals surface area (Å²) in [6, 6.07) is 7.88. The lowest BCUT2D eigenvalue weighted by Crippen LogP contribution is -2.37. The summed E-state index contributed by atoms with van der Waals surface area (Å²) >= 11 is 0. The van der Waals surface area contributed by atoms with E-state index >= 15 is 0 Å². The number of rotatable bonds is 6. The summed E-state index contributed by atoms with van der Waals surface area (Å²) in [7, 11) is 0. The molecule has 2 rings (SSSR count). The number of hydrogen-bond acceptors (Lipinski definition) is 3. The molecule has 0 amide bonds. The van der Waals surface area contributed by atoms with E-state index in [1.165, 1.54) is 0 Å². The number of hydrogen-bond donors (Lipinski definition) is 1. The quantitative estimate of drug-likeness (QED) is 0.865. The minimum atomic E-state index is -0.00477. The highest BCUT2D eigenvalue weighted by Gasteiger charge is 2.09. The minimum Gasteiger partial charge on any atom is -0.312 e. The van der Waals surface area contributed by atoms with Crippen LogP contribution < -0.4 is 10.9 Å². The number of nitrogens with zero attached hydrogens (tertiary/aromatic N) is 2. The van der Waals surface area contributed by atoms with Gasteiger partial charge >= 0.3 is 0 Å². The number of benzene rings is 1. The van der Waals surface area contributed by atoms with E-state index in [1.54, 1.807) is 10.9 Å².